The molecule has 1 aromatic carbocycles. The number of aromatic nitrogens is 2. The molecule has 2 N–H and O–H groups in total. The molecule has 3 heterocycles. The van der Waals surface area contributed by atoms with Crippen LogP contribution in [0, 0.1) is 5.92 Å². The number of benzene rings is 1. The number of amides is 2. The monoisotopic (exact) mass is 368 g/mol. The summed E-state index contributed by atoms with van der Waals surface area (Å²) in [5, 5.41) is 4.15. The summed E-state index contributed by atoms with van der Waals surface area (Å²) >= 11 is 1.52. The molecule has 4 rings (SSSR count). The van der Waals surface area contributed by atoms with Gasteiger partial charge in [-0.2, -0.15) is 0 Å². The van der Waals surface area contributed by atoms with Gasteiger partial charge < -0.3 is 15.2 Å². The molecule has 0 spiro atoms. The Morgan fingerprint density at radius 3 is 2.81 bits per heavy atom. The van der Waals surface area contributed by atoms with E-state index < -0.39 is 0 Å². The molecule has 0 aliphatic carbocycles. The lowest BCUT2D eigenvalue weighted by Crippen LogP contribution is -2.41. The molecule has 3 aromatic rings. The number of hydrogen-bond donors (Lipinski definition) is 2. The van der Waals surface area contributed by atoms with Gasteiger partial charge in [0.2, 0.25) is 0 Å². The van der Waals surface area contributed by atoms with E-state index in [0.717, 1.165) is 27.8 Å². The first kappa shape index (κ1) is 16.8. The highest BCUT2D eigenvalue weighted by molar-refractivity contribution is 7.20. The van der Waals surface area contributed by atoms with Gasteiger partial charge in [-0.15, -0.1) is 11.3 Å². The molecular weight excluding hydrogens is 348 g/mol. The summed E-state index contributed by atoms with van der Waals surface area (Å²) < 4.78 is 1.13. The predicted octanol–water partition coefficient (Wildman–Crippen LogP) is 2.91. The van der Waals surface area contributed by atoms with Crippen molar-refractivity contribution in [2.45, 2.75) is 12.8 Å². The molecule has 134 valence electrons. The normalized spacial score (nSPS) is 15.3. The van der Waals surface area contributed by atoms with Gasteiger partial charge in [-0.1, -0.05) is 18.2 Å². The van der Waals surface area contributed by atoms with E-state index in [1.165, 1.54) is 11.3 Å². The zero-order valence-electron chi connectivity index (χ0n) is 14.3. The summed E-state index contributed by atoms with van der Waals surface area (Å²) in [6, 6.07) is 9.96. The lowest BCUT2D eigenvalue weighted by Gasteiger charge is -2.31. The van der Waals surface area contributed by atoms with Crippen LogP contribution in [-0.4, -0.2) is 46.3 Å². The number of thiophene rings is 1. The van der Waals surface area contributed by atoms with Gasteiger partial charge in [0.25, 0.3) is 11.8 Å². The number of nitrogens with one attached hydrogen (secondary N) is 2. The van der Waals surface area contributed by atoms with Crippen molar-refractivity contribution in [3.63, 3.8) is 0 Å². The van der Waals surface area contributed by atoms with E-state index in [4.69, 9.17) is 0 Å². The van der Waals surface area contributed by atoms with Crippen LogP contribution in [0.2, 0.25) is 0 Å². The lowest BCUT2D eigenvalue weighted by atomic mass is 9.96. The van der Waals surface area contributed by atoms with Crippen molar-refractivity contribution < 1.29 is 9.59 Å². The van der Waals surface area contributed by atoms with Crippen molar-refractivity contribution in [2.24, 2.45) is 5.92 Å². The quantitative estimate of drug-likeness (QED) is 0.743. The Kier molecular flexibility index (Phi) is 4.71. The number of H-pyrrole nitrogens is 1. The number of likely N-dealkylation sites (tertiary alicyclic amines) is 1. The van der Waals surface area contributed by atoms with Crippen LogP contribution in [0.5, 0.6) is 0 Å². The minimum absolute atomic E-state index is 0.0136. The molecular formula is C19H20N4O2S. The third-order valence-electron chi connectivity index (χ3n) is 4.80. The van der Waals surface area contributed by atoms with Crippen LogP contribution in [0.15, 0.2) is 42.7 Å². The summed E-state index contributed by atoms with van der Waals surface area (Å²) in [5.41, 5.74) is 0. The molecule has 26 heavy (non-hydrogen) atoms. The summed E-state index contributed by atoms with van der Waals surface area (Å²) in [4.78, 5) is 34.1. The van der Waals surface area contributed by atoms with Crippen molar-refractivity contribution in [2.75, 3.05) is 19.6 Å². The second-order valence-electron chi connectivity index (χ2n) is 6.53. The molecule has 0 atom stereocenters. The maximum absolute atomic E-state index is 12.4. The first-order valence-electron chi connectivity index (χ1n) is 8.76. The molecule has 0 saturated carbocycles. The smallest absolute Gasteiger partial charge is 0.289 e. The Balaban J connectivity index is 1.28. The zero-order chi connectivity index (χ0) is 17.9. The molecule has 1 aliphatic rings. The number of carbonyl (C=O) groups excluding carboxylic acids is 2. The minimum atomic E-state index is -0.0530. The molecule has 2 amide bonds. The summed E-state index contributed by atoms with van der Waals surface area (Å²) in [7, 11) is 0. The standard InChI is InChI=1S/C19H20N4O2S/c24-18(16-11-14-3-1-2-4-15(14)26-16)22-12-13-5-9-23(10-6-13)19(25)17-20-7-8-21-17/h1-4,7-8,11,13H,5-6,9-10,12H2,(H,20,21)(H,22,24). The number of aromatic amines is 1. The summed E-state index contributed by atoms with van der Waals surface area (Å²) in [6.07, 6.45) is 5.02. The van der Waals surface area contributed by atoms with Gasteiger partial charge in [0.05, 0.1) is 4.88 Å². The highest BCUT2D eigenvalue weighted by Gasteiger charge is 2.25. The average Bonchev–Trinajstić information content (AvgIpc) is 3.35. The largest absolute Gasteiger partial charge is 0.351 e. The van der Waals surface area contributed by atoms with Crippen molar-refractivity contribution in [1.82, 2.24) is 20.2 Å². The number of rotatable bonds is 4. The van der Waals surface area contributed by atoms with E-state index in [2.05, 4.69) is 15.3 Å². The van der Waals surface area contributed by atoms with E-state index in [9.17, 15) is 9.59 Å². The third-order valence-corrected chi connectivity index (χ3v) is 5.92. The Bertz CT molecular complexity index is 878. The van der Waals surface area contributed by atoms with E-state index in [-0.39, 0.29) is 11.8 Å². The Hall–Kier alpha value is -2.67. The number of nitrogens with zero attached hydrogens (tertiary/aromatic N) is 2. The molecule has 2 aromatic heterocycles. The molecule has 0 bridgehead atoms. The van der Waals surface area contributed by atoms with Crippen LogP contribution in [0.3, 0.4) is 0 Å². The summed E-state index contributed by atoms with van der Waals surface area (Å²) in [5.74, 6) is 0.721. The van der Waals surface area contributed by atoms with Crippen LogP contribution in [0.25, 0.3) is 10.1 Å². The Morgan fingerprint density at radius 1 is 1.27 bits per heavy atom. The van der Waals surface area contributed by atoms with Crippen LogP contribution >= 0.6 is 11.3 Å². The van der Waals surface area contributed by atoms with E-state index >= 15 is 0 Å². The lowest BCUT2D eigenvalue weighted by molar-refractivity contribution is 0.0673. The van der Waals surface area contributed by atoms with Crippen LogP contribution in [-0.2, 0) is 0 Å². The third kappa shape index (κ3) is 3.48. The Labute approximate surface area is 155 Å². The van der Waals surface area contributed by atoms with Gasteiger partial charge in [0, 0.05) is 36.7 Å². The second kappa shape index (κ2) is 7.29. The first-order chi connectivity index (χ1) is 12.7. The van der Waals surface area contributed by atoms with Crippen molar-refractivity contribution in [1.29, 1.82) is 0 Å². The van der Waals surface area contributed by atoms with E-state index in [0.29, 0.717) is 31.4 Å². The molecule has 1 aliphatic heterocycles. The maximum atomic E-state index is 12.4. The van der Waals surface area contributed by atoms with Crippen LogP contribution in [0.1, 0.15) is 33.1 Å². The number of hydrogen-bond acceptors (Lipinski definition) is 4. The molecule has 7 heteroatoms. The minimum Gasteiger partial charge on any atom is -0.351 e. The molecule has 6 nitrogen and oxygen atoms in total. The van der Waals surface area contributed by atoms with E-state index in [1.54, 1.807) is 12.4 Å². The average molecular weight is 368 g/mol. The topological polar surface area (TPSA) is 78.1 Å². The highest BCUT2D eigenvalue weighted by atomic mass is 32.1. The molecule has 0 unspecified atom stereocenters. The second-order valence-corrected chi connectivity index (χ2v) is 7.62. The van der Waals surface area contributed by atoms with Gasteiger partial charge in [-0.05, 0) is 36.3 Å². The van der Waals surface area contributed by atoms with Gasteiger partial charge in [-0.25, -0.2) is 4.98 Å². The van der Waals surface area contributed by atoms with Crippen molar-refractivity contribution >= 4 is 33.2 Å². The van der Waals surface area contributed by atoms with Crippen molar-refractivity contribution in [3.8, 4) is 0 Å². The van der Waals surface area contributed by atoms with Crippen molar-refractivity contribution in [3.05, 3.63) is 53.4 Å². The fraction of sp³-hybridized carbons (Fsp3) is 0.316. The fourth-order valence-electron chi connectivity index (χ4n) is 3.29. The first-order valence-corrected chi connectivity index (χ1v) is 9.58. The number of piperidine rings is 1. The van der Waals surface area contributed by atoms with Gasteiger partial charge in [-0.3, -0.25) is 9.59 Å². The van der Waals surface area contributed by atoms with Gasteiger partial charge in [0.1, 0.15) is 0 Å². The Morgan fingerprint density at radius 2 is 2.08 bits per heavy atom. The molecule has 0 radical (unpaired) electrons. The highest BCUT2D eigenvalue weighted by Crippen LogP contribution is 2.25. The molecule has 1 saturated heterocycles. The summed E-state index contributed by atoms with van der Waals surface area (Å²) in [6.45, 7) is 2.04. The SMILES string of the molecule is O=C(NCC1CCN(C(=O)c2ncc[nH]2)CC1)c1cc2ccccc2s1. The van der Waals surface area contributed by atoms with Gasteiger partial charge in [0.15, 0.2) is 5.82 Å². The number of carbonyl (C=O) groups is 2. The number of fused-ring (bicyclic) bond motifs is 1. The fourth-order valence-corrected chi connectivity index (χ4v) is 4.27. The van der Waals surface area contributed by atoms with Crippen LogP contribution in [0.4, 0.5) is 0 Å². The molecule has 1 fully saturated rings. The number of imidazole rings is 1. The van der Waals surface area contributed by atoms with E-state index in [1.807, 2.05) is 35.2 Å². The van der Waals surface area contributed by atoms with Gasteiger partial charge >= 0.3 is 0 Å². The predicted molar refractivity (Wildman–Crippen MR) is 101 cm³/mol. The zero-order valence-corrected chi connectivity index (χ0v) is 15.1. The van der Waals surface area contributed by atoms with Crippen LogP contribution < -0.4 is 5.32 Å². The maximum Gasteiger partial charge on any atom is 0.289 e.